The van der Waals surface area contributed by atoms with E-state index in [1.807, 2.05) is 38.1 Å². The van der Waals surface area contributed by atoms with Crippen LogP contribution in [0.4, 0.5) is 0 Å². The molecule has 0 amide bonds. The molecule has 0 saturated heterocycles. The van der Waals surface area contributed by atoms with Crippen molar-refractivity contribution in [2.75, 3.05) is 0 Å². The van der Waals surface area contributed by atoms with Crippen LogP contribution in [0.2, 0.25) is 0 Å². The van der Waals surface area contributed by atoms with Gasteiger partial charge in [-0.3, -0.25) is 5.11 Å². The van der Waals surface area contributed by atoms with Crippen LogP contribution in [-0.2, 0) is 5.11 Å². The normalized spacial score (nSPS) is 10.1. The third-order valence-electron chi connectivity index (χ3n) is 2.41. The Bertz CT molecular complexity index is 504. The topological polar surface area (TPSA) is 29.1 Å². The van der Waals surface area contributed by atoms with Crippen LogP contribution in [0.5, 0.6) is 17.2 Å². The third-order valence-corrected chi connectivity index (χ3v) is 2.41. The molecule has 0 unspecified atom stereocenters. The first-order valence-electron chi connectivity index (χ1n) is 5.18. The lowest BCUT2D eigenvalue weighted by Crippen LogP contribution is -1.87. The summed E-state index contributed by atoms with van der Waals surface area (Å²) in [7, 11) is 0. The molecule has 0 N–H and O–H groups in total. The SMILES string of the molecule is Cc1ccc([O])c(Oc2ccccc2C)c1. The Morgan fingerprint density at radius 1 is 0.938 bits per heavy atom. The second kappa shape index (κ2) is 4.27. The van der Waals surface area contributed by atoms with Gasteiger partial charge in [0.05, 0.1) is 0 Å². The van der Waals surface area contributed by atoms with Crippen molar-refractivity contribution < 1.29 is 9.84 Å². The van der Waals surface area contributed by atoms with Crippen LogP contribution < -0.4 is 4.74 Å². The van der Waals surface area contributed by atoms with E-state index in [9.17, 15) is 5.11 Å². The van der Waals surface area contributed by atoms with Crippen LogP contribution in [0.25, 0.3) is 0 Å². The summed E-state index contributed by atoms with van der Waals surface area (Å²) in [5.74, 6) is 1.02. The average molecular weight is 213 g/mol. The van der Waals surface area contributed by atoms with Crippen molar-refractivity contribution in [3.05, 3.63) is 53.6 Å². The summed E-state index contributed by atoms with van der Waals surface area (Å²) in [4.78, 5) is 0. The number of benzene rings is 2. The fourth-order valence-electron chi connectivity index (χ4n) is 1.48. The van der Waals surface area contributed by atoms with E-state index < -0.39 is 0 Å². The molecule has 1 radical (unpaired) electrons. The lowest BCUT2D eigenvalue weighted by molar-refractivity contribution is 0.328. The highest BCUT2D eigenvalue weighted by Crippen LogP contribution is 2.33. The van der Waals surface area contributed by atoms with Crippen LogP contribution in [0.1, 0.15) is 11.1 Å². The van der Waals surface area contributed by atoms with Crippen molar-refractivity contribution in [3.63, 3.8) is 0 Å². The minimum absolute atomic E-state index is 0.0890. The van der Waals surface area contributed by atoms with Crippen LogP contribution in [0.3, 0.4) is 0 Å². The van der Waals surface area contributed by atoms with E-state index in [1.54, 1.807) is 12.1 Å². The van der Waals surface area contributed by atoms with Gasteiger partial charge in [0.25, 0.3) is 0 Å². The molecule has 0 aliphatic rings. The van der Waals surface area contributed by atoms with Crippen LogP contribution in [-0.4, -0.2) is 0 Å². The summed E-state index contributed by atoms with van der Waals surface area (Å²) in [6.07, 6.45) is 0. The van der Waals surface area contributed by atoms with Gasteiger partial charge in [-0.15, -0.1) is 0 Å². The monoisotopic (exact) mass is 213 g/mol. The molecule has 0 aromatic heterocycles. The van der Waals surface area contributed by atoms with E-state index in [0.717, 1.165) is 16.9 Å². The highest BCUT2D eigenvalue weighted by Gasteiger charge is 2.07. The second-order valence-electron chi connectivity index (χ2n) is 3.82. The molecule has 2 nitrogen and oxygen atoms in total. The van der Waals surface area contributed by atoms with Gasteiger partial charge < -0.3 is 4.74 Å². The van der Waals surface area contributed by atoms with E-state index >= 15 is 0 Å². The summed E-state index contributed by atoms with van der Waals surface area (Å²) in [5.41, 5.74) is 2.03. The Hall–Kier alpha value is -1.96. The Balaban J connectivity index is 2.34. The van der Waals surface area contributed by atoms with Gasteiger partial charge in [0.15, 0.2) is 5.75 Å². The van der Waals surface area contributed by atoms with Crippen molar-refractivity contribution in [2.45, 2.75) is 13.8 Å². The molecule has 0 saturated carbocycles. The van der Waals surface area contributed by atoms with E-state index in [1.165, 1.54) is 6.07 Å². The summed E-state index contributed by atoms with van der Waals surface area (Å²) in [6.45, 7) is 3.89. The minimum atomic E-state index is -0.0890. The predicted octanol–water partition coefficient (Wildman–Crippen LogP) is 4.24. The predicted molar refractivity (Wildman–Crippen MR) is 62.6 cm³/mol. The molecular formula is C14H13O2. The molecule has 0 heterocycles. The molecule has 0 fully saturated rings. The lowest BCUT2D eigenvalue weighted by atomic mass is 10.2. The highest BCUT2D eigenvalue weighted by atomic mass is 16.5. The molecular weight excluding hydrogens is 200 g/mol. The maximum Gasteiger partial charge on any atom is 0.221 e. The number of aryl methyl sites for hydroxylation is 2. The van der Waals surface area contributed by atoms with Crippen molar-refractivity contribution in [1.82, 2.24) is 0 Å². The Kier molecular flexibility index (Phi) is 2.82. The fourth-order valence-corrected chi connectivity index (χ4v) is 1.48. The molecule has 0 aliphatic heterocycles. The highest BCUT2D eigenvalue weighted by molar-refractivity contribution is 5.45. The zero-order valence-electron chi connectivity index (χ0n) is 9.36. The summed E-state index contributed by atoms with van der Waals surface area (Å²) < 4.78 is 5.61. The smallest absolute Gasteiger partial charge is 0.221 e. The van der Waals surface area contributed by atoms with Crippen molar-refractivity contribution in [3.8, 4) is 17.2 Å². The van der Waals surface area contributed by atoms with Gasteiger partial charge >= 0.3 is 0 Å². The summed E-state index contributed by atoms with van der Waals surface area (Å²) in [5, 5.41) is 11.6. The van der Waals surface area contributed by atoms with Gasteiger partial charge in [0.1, 0.15) is 5.75 Å². The van der Waals surface area contributed by atoms with Gasteiger partial charge in [-0.2, -0.15) is 0 Å². The van der Waals surface area contributed by atoms with Crippen molar-refractivity contribution in [1.29, 1.82) is 0 Å². The van der Waals surface area contributed by atoms with Gasteiger partial charge in [-0.1, -0.05) is 24.3 Å². The van der Waals surface area contributed by atoms with Crippen molar-refractivity contribution in [2.24, 2.45) is 0 Å². The second-order valence-corrected chi connectivity index (χ2v) is 3.82. The molecule has 0 aliphatic carbocycles. The number of para-hydroxylation sites is 1. The van der Waals surface area contributed by atoms with Gasteiger partial charge in [0.2, 0.25) is 5.75 Å². The largest absolute Gasteiger partial charge is 0.453 e. The molecule has 16 heavy (non-hydrogen) atoms. The molecule has 2 aromatic carbocycles. The Labute approximate surface area is 95.1 Å². The van der Waals surface area contributed by atoms with Crippen molar-refractivity contribution >= 4 is 0 Å². The molecule has 2 rings (SSSR count). The zero-order valence-corrected chi connectivity index (χ0v) is 9.36. The summed E-state index contributed by atoms with van der Waals surface area (Å²) in [6, 6.07) is 12.7. The van der Waals surface area contributed by atoms with E-state index in [2.05, 4.69) is 0 Å². The molecule has 0 atom stereocenters. The van der Waals surface area contributed by atoms with Gasteiger partial charge in [-0.25, -0.2) is 0 Å². The first kappa shape index (κ1) is 10.6. The van der Waals surface area contributed by atoms with Crippen LogP contribution >= 0.6 is 0 Å². The zero-order chi connectivity index (χ0) is 11.5. The minimum Gasteiger partial charge on any atom is -0.453 e. The fraction of sp³-hybridized carbons (Fsp3) is 0.143. The number of hydrogen-bond acceptors (Lipinski definition) is 1. The standard InChI is InChI=1S/C14H13O2/c1-10-7-8-12(15)14(9-10)16-13-6-4-3-5-11(13)2/h3-9H,1-2H3. The summed E-state index contributed by atoms with van der Waals surface area (Å²) >= 11 is 0. The maximum absolute atomic E-state index is 11.6. The third kappa shape index (κ3) is 2.16. The van der Waals surface area contributed by atoms with Crippen LogP contribution in [0, 0.1) is 13.8 Å². The van der Waals surface area contributed by atoms with E-state index in [0.29, 0.717) is 5.75 Å². The average Bonchev–Trinajstić information content (AvgIpc) is 2.27. The van der Waals surface area contributed by atoms with Gasteiger partial charge in [0, 0.05) is 0 Å². The lowest BCUT2D eigenvalue weighted by Gasteiger charge is -2.09. The quantitative estimate of drug-likeness (QED) is 0.733. The van der Waals surface area contributed by atoms with Gasteiger partial charge in [-0.05, 0) is 43.2 Å². The molecule has 0 spiro atoms. The Morgan fingerprint density at radius 3 is 2.44 bits per heavy atom. The number of rotatable bonds is 2. The van der Waals surface area contributed by atoms with E-state index in [-0.39, 0.29) is 5.75 Å². The maximum atomic E-state index is 11.6. The number of hydrogen-bond donors (Lipinski definition) is 0. The first-order valence-corrected chi connectivity index (χ1v) is 5.18. The van der Waals surface area contributed by atoms with E-state index in [4.69, 9.17) is 4.74 Å². The molecule has 81 valence electrons. The number of ether oxygens (including phenoxy) is 1. The van der Waals surface area contributed by atoms with Crippen LogP contribution in [0.15, 0.2) is 42.5 Å². The molecule has 2 aromatic rings. The molecule has 2 heteroatoms. The first-order chi connectivity index (χ1) is 7.66. The Morgan fingerprint density at radius 2 is 1.69 bits per heavy atom. The molecule has 0 bridgehead atoms.